The van der Waals surface area contributed by atoms with Gasteiger partial charge in [0.25, 0.3) is 0 Å². The zero-order valence-electron chi connectivity index (χ0n) is 18.7. The smallest absolute Gasteiger partial charge is 0.248 e. The van der Waals surface area contributed by atoms with Crippen LogP contribution in [0.2, 0.25) is 0 Å². The second-order valence-electron chi connectivity index (χ2n) is 9.01. The van der Waals surface area contributed by atoms with Crippen molar-refractivity contribution in [2.75, 3.05) is 37.7 Å². The second-order valence-corrected chi connectivity index (χ2v) is 9.01. The number of hydrogen-bond donors (Lipinski definition) is 1. The normalized spacial score (nSPS) is 21.5. The monoisotopic (exact) mass is 429 g/mol. The fourth-order valence-corrected chi connectivity index (χ4v) is 5.24. The van der Waals surface area contributed by atoms with E-state index >= 15 is 0 Å². The molecule has 3 aromatic rings. The topological polar surface area (TPSA) is 58.8 Å². The summed E-state index contributed by atoms with van der Waals surface area (Å²) in [7, 11) is 0. The molecule has 1 saturated heterocycles. The van der Waals surface area contributed by atoms with Crippen molar-refractivity contribution in [3.63, 3.8) is 0 Å². The Morgan fingerprint density at radius 2 is 1.94 bits per heavy atom. The number of hydrogen-bond acceptors (Lipinski definition) is 4. The van der Waals surface area contributed by atoms with Gasteiger partial charge in [0.2, 0.25) is 5.91 Å². The number of carbonyl (C=O) groups excluding carboxylic acids is 1. The Labute approximate surface area is 189 Å². The molecule has 0 unspecified atom stereocenters. The van der Waals surface area contributed by atoms with Crippen LogP contribution in [0.1, 0.15) is 40.9 Å². The molecule has 2 atom stereocenters. The molecular weight excluding hydrogens is 398 g/mol. The van der Waals surface area contributed by atoms with E-state index in [4.69, 9.17) is 10.5 Å². The highest BCUT2D eigenvalue weighted by molar-refractivity contribution is 5.94. The molecule has 2 heterocycles. The zero-order valence-corrected chi connectivity index (χ0v) is 18.7. The van der Waals surface area contributed by atoms with Gasteiger partial charge in [-0.3, -0.25) is 9.69 Å². The Bertz CT molecular complexity index is 1120. The number of amides is 1. The van der Waals surface area contributed by atoms with Gasteiger partial charge < -0.3 is 15.4 Å². The summed E-state index contributed by atoms with van der Waals surface area (Å²) >= 11 is 0. The molecule has 0 aliphatic carbocycles. The first-order chi connectivity index (χ1) is 15.6. The van der Waals surface area contributed by atoms with Gasteiger partial charge in [0, 0.05) is 48.9 Å². The highest BCUT2D eigenvalue weighted by Crippen LogP contribution is 2.32. The lowest BCUT2D eigenvalue weighted by Crippen LogP contribution is -2.52. The first kappa shape index (κ1) is 21.0. The number of fused-ring (bicyclic) bond motifs is 2. The van der Waals surface area contributed by atoms with Crippen LogP contribution in [0.15, 0.2) is 60.7 Å². The number of carbonyl (C=O) groups is 1. The molecule has 0 bridgehead atoms. The lowest BCUT2D eigenvalue weighted by atomic mass is 9.93. The van der Waals surface area contributed by atoms with Crippen molar-refractivity contribution in [2.24, 2.45) is 5.73 Å². The molecule has 2 N–H and O–H groups in total. The lowest BCUT2D eigenvalue weighted by molar-refractivity contribution is 0.0255. The highest BCUT2D eigenvalue weighted by Gasteiger charge is 2.27. The molecule has 5 nitrogen and oxygen atoms in total. The van der Waals surface area contributed by atoms with E-state index in [-0.39, 0.29) is 12.0 Å². The minimum Gasteiger partial charge on any atom is -0.373 e. The minimum atomic E-state index is -0.367. The molecule has 2 aliphatic rings. The molecule has 0 aromatic heterocycles. The molecule has 3 aromatic carbocycles. The van der Waals surface area contributed by atoms with E-state index in [0.29, 0.717) is 18.2 Å². The molecule has 5 heteroatoms. The van der Waals surface area contributed by atoms with Crippen molar-refractivity contribution < 1.29 is 9.53 Å². The maximum Gasteiger partial charge on any atom is 0.248 e. The predicted octanol–water partition coefficient (Wildman–Crippen LogP) is 4.15. The van der Waals surface area contributed by atoms with Gasteiger partial charge in [-0.25, -0.2) is 0 Å². The molecule has 0 spiro atoms. The number of anilines is 1. The number of nitrogens with zero attached hydrogens (tertiary/aromatic N) is 2. The summed E-state index contributed by atoms with van der Waals surface area (Å²) < 4.78 is 6.12. The van der Waals surface area contributed by atoms with Crippen LogP contribution in [-0.2, 0) is 11.2 Å². The van der Waals surface area contributed by atoms with E-state index in [1.165, 1.54) is 27.6 Å². The predicted molar refractivity (Wildman–Crippen MR) is 129 cm³/mol. The standard InChI is InChI=1S/C27H31N3O2/c1-19-18-30(25-8-4-6-20-5-2-3-7-23(20)25)15-14-29(19)13-11-26-24-10-9-22(27(28)31)17-21(24)12-16-32-26/h2-10,17,19,26H,11-16,18H2,1H3,(H2,28,31)/t19-,26+/m1/s1. The minimum absolute atomic E-state index is 0.0870. The average molecular weight is 430 g/mol. The third-order valence-electron chi connectivity index (χ3n) is 7.02. The van der Waals surface area contributed by atoms with Gasteiger partial charge in [-0.15, -0.1) is 0 Å². The first-order valence-electron chi connectivity index (χ1n) is 11.6. The van der Waals surface area contributed by atoms with E-state index < -0.39 is 0 Å². The first-order valence-corrected chi connectivity index (χ1v) is 11.6. The molecule has 5 rings (SSSR count). The summed E-state index contributed by atoms with van der Waals surface area (Å²) in [6.45, 7) is 7.13. The molecule has 1 amide bonds. The quantitative estimate of drug-likeness (QED) is 0.662. The van der Waals surface area contributed by atoms with Crippen LogP contribution in [0.4, 0.5) is 5.69 Å². The summed E-state index contributed by atoms with van der Waals surface area (Å²) in [5, 5.41) is 2.63. The van der Waals surface area contributed by atoms with Gasteiger partial charge >= 0.3 is 0 Å². The van der Waals surface area contributed by atoms with Gasteiger partial charge in [-0.1, -0.05) is 42.5 Å². The van der Waals surface area contributed by atoms with Crippen molar-refractivity contribution in [1.82, 2.24) is 4.90 Å². The van der Waals surface area contributed by atoms with E-state index in [1.807, 2.05) is 18.2 Å². The Morgan fingerprint density at radius 3 is 2.78 bits per heavy atom. The zero-order chi connectivity index (χ0) is 22.1. The molecule has 0 saturated carbocycles. The van der Waals surface area contributed by atoms with Crippen molar-refractivity contribution in [2.45, 2.75) is 31.9 Å². The number of primary amides is 1. The van der Waals surface area contributed by atoms with E-state index in [2.05, 4.69) is 59.2 Å². The van der Waals surface area contributed by atoms with Crippen molar-refractivity contribution in [1.29, 1.82) is 0 Å². The Morgan fingerprint density at radius 1 is 1.09 bits per heavy atom. The van der Waals surface area contributed by atoms with E-state index in [0.717, 1.165) is 39.0 Å². The van der Waals surface area contributed by atoms with Crippen molar-refractivity contribution >= 4 is 22.4 Å². The largest absolute Gasteiger partial charge is 0.373 e. The number of nitrogens with two attached hydrogens (primary N) is 1. The Balaban J connectivity index is 1.24. The summed E-state index contributed by atoms with van der Waals surface area (Å²) in [4.78, 5) is 16.6. The van der Waals surface area contributed by atoms with Crippen LogP contribution < -0.4 is 10.6 Å². The summed E-state index contributed by atoms with van der Waals surface area (Å²) in [6.07, 6.45) is 1.89. The van der Waals surface area contributed by atoms with Gasteiger partial charge in [0.05, 0.1) is 12.7 Å². The molecule has 1 fully saturated rings. The van der Waals surface area contributed by atoms with Crippen LogP contribution in [0.5, 0.6) is 0 Å². The van der Waals surface area contributed by atoms with Gasteiger partial charge in [0.15, 0.2) is 0 Å². The van der Waals surface area contributed by atoms with Crippen LogP contribution in [0, 0.1) is 0 Å². The second kappa shape index (κ2) is 8.93. The highest BCUT2D eigenvalue weighted by atomic mass is 16.5. The van der Waals surface area contributed by atoms with E-state index in [9.17, 15) is 4.79 Å². The molecule has 166 valence electrons. The fourth-order valence-electron chi connectivity index (χ4n) is 5.24. The van der Waals surface area contributed by atoms with Crippen molar-refractivity contribution in [3.8, 4) is 0 Å². The average Bonchev–Trinajstić information content (AvgIpc) is 2.82. The number of rotatable bonds is 5. The van der Waals surface area contributed by atoms with Crippen LogP contribution in [0.3, 0.4) is 0 Å². The number of piperazine rings is 1. The van der Waals surface area contributed by atoms with Crippen LogP contribution in [0.25, 0.3) is 10.8 Å². The maximum atomic E-state index is 11.5. The third kappa shape index (κ3) is 4.10. The Kier molecular flexibility index (Phi) is 5.85. The van der Waals surface area contributed by atoms with Gasteiger partial charge in [-0.2, -0.15) is 0 Å². The fraction of sp³-hybridized carbons (Fsp3) is 0.370. The van der Waals surface area contributed by atoms with Gasteiger partial charge in [0.1, 0.15) is 0 Å². The maximum absolute atomic E-state index is 11.5. The van der Waals surface area contributed by atoms with Gasteiger partial charge in [-0.05, 0) is 54.5 Å². The summed E-state index contributed by atoms with van der Waals surface area (Å²) in [5.41, 5.74) is 9.79. The Hall–Kier alpha value is -2.89. The van der Waals surface area contributed by atoms with Crippen LogP contribution >= 0.6 is 0 Å². The summed E-state index contributed by atoms with van der Waals surface area (Å²) in [5.74, 6) is -0.367. The van der Waals surface area contributed by atoms with E-state index in [1.54, 1.807) is 0 Å². The molecule has 0 radical (unpaired) electrons. The SMILES string of the molecule is C[C@@H]1CN(c2cccc3ccccc23)CCN1CC[C@@H]1OCCc2cc(C(N)=O)ccc21. The molecule has 32 heavy (non-hydrogen) atoms. The molecule has 2 aliphatic heterocycles. The lowest BCUT2D eigenvalue weighted by Gasteiger charge is -2.42. The molecular formula is C27H31N3O2. The third-order valence-corrected chi connectivity index (χ3v) is 7.02. The van der Waals surface area contributed by atoms with Crippen molar-refractivity contribution in [3.05, 3.63) is 77.4 Å². The number of ether oxygens (including phenoxy) is 1. The number of benzene rings is 3. The van der Waals surface area contributed by atoms with Crippen LogP contribution in [-0.4, -0.2) is 49.6 Å². The summed E-state index contributed by atoms with van der Waals surface area (Å²) in [6, 6.07) is 21.5.